The van der Waals surface area contributed by atoms with E-state index in [1.54, 1.807) is 4.90 Å². The Balaban J connectivity index is 1.49. The SMILES string of the molecule is Cc1ccccc1CCC(=O)N1CCCN(C(=O)Nc2ccccc2)CC1. The number of amides is 3. The summed E-state index contributed by atoms with van der Waals surface area (Å²) in [6.07, 6.45) is 2.08. The second-order valence-corrected chi connectivity index (χ2v) is 6.94. The van der Waals surface area contributed by atoms with Crippen LogP contribution in [0.4, 0.5) is 10.5 Å². The van der Waals surface area contributed by atoms with Crippen molar-refractivity contribution in [2.75, 3.05) is 31.5 Å². The monoisotopic (exact) mass is 365 g/mol. The molecule has 5 heteroatoms. The second kappa shape index (κ2) is 9.21. The third-order valence-electron chi connectivity index (χ3n) is 5.03. The molecule has 1 aliphatic heterocycles. The number of hydrogen-bond acceptors (Lipinski definition) is 2. The third-order valence-corrected chi connectivity index (χ3v) is 5.03. The van der Waals surface area contributed by atoms with Gasteiger partial charge in [0, 0.05) is 38.3 Å². The number of carbonyl (C=O) groups is 2. The number of aryl methyl sites for hydroxylation is 2. The van der Waals surface area contributed by atoms with E-state index in [4.69, 9.17) is 0 Å². The molecule has 0 spiro atoms. The molecule has 27 heavy (non-hydrogen) atoms. The summed E-state index contributed by atoms with van der Waals surface area (Å²) < 4.78 is 0. The van der Waals surface area contributed by atoms with Gasteiger partial charge in [0.25, 0.3) is 0 Å². The van der Waals surface area contributed by atoms with E-state index in [-0.39, 0.29) is 11.9 Å². The fraction of sp³-hybridized carbons (Fsp3) is 0.364. The highest BCUT2D eigenvalue weighted by atomic mass is 16.2. The second-order valence-electron chi connectivity index (χ2n) is 6.94. The summed E-state index contributed by atoms with van der Waals surface area (Å²) in [7, 11) is 0. The van der Waals surface area contributed by atoms with Crippen molar-refractivity contribution in [2.45, 2.75) is 26.2 Å². The van der Waals surface area contributed by atoms with Gasteiger partial charge in [0.2, 0.25) is 5.91 Å². The Hall–Kier alpha value is -2.82. The van der Waals surface area contributed by atoms with Gasteiger partial charge >= 0.3 is 6.03 Å². The quantitative estimate of drug-likeness (QED) is 0.898. The minimum absolute atomic E-state index is 0.101. The molecule has 0 bridgehead atoms. The molecule has 3 amide bonds. The average molecular weight is 365 g/mol. The number of para-hydroxylation sites is 1. The van der Waals surface area contributed by atoms with Gasteiger partial charge in [0.05, 0.1) is 0 Å². The van der Waals surface area contributed by atoms with Gasteiger partial charge in [-0.05, 0) is 43.0 Å². The predicted octanol–water partition coefficient (Wildman–Crippen LogP) is 3.69. The highest BCUT2D eigenvalue weighted by Gasteiger charge is 2.22. The molecular weight excluding hydrogens is 338 g/mol. The van der Waals surface area contributed by atoms with Crippen LogP contribution >= 0.6 is 0 Å². The molecular formula is C22H27N3O2. The first kappa shape index (κ1) is 19.0. The summed E-state index contributed by atoms with van der Waals surface area (Å²) in [5.41, 5.74) is 3.24. The largest absolute Gasteiger partial charge is 0.341 e. The predicted molar refractivity (Wildman–Crippen MR) is 108 cm³/mol. The normalized spacial score (nSPS) is 14.6. The van der Waals surface area contributed by atoms with E-state index in [0.29, 0.717) is 32.6 Å². The van der Waals surface area contributed by atoms with Crippen molar-refractivity contribution < 1.29 is 9.59 Å². The molecule has 0 saturated carbocycles. The van der Waals surface area contributed by atoms with E-state index in [2.05, 4.69) is 24.4 Å². The van der Waals surface area contributed by atoms with Crippen LogP contribution in [0.1, 0.15) is 24.0 Å². The number of anilines is 1. The summed E-state index contributed by atoms with van der Waals surface area (Å²) in [6.45, 7) is 4.61. The lowest BCUT2D eigenvalue weighted by Gasteiger charge is -2.22. The van der Waals surface area contributed by atoms with Crippen molar-refractivity contribution in [1.82, 2.24) is 9.80 Å². The van der Waals surface area contributed by atoms with Gasteiger partial charge in [-0.1, -0.05) is 42.5 Å². The first-order valence-corrected chi connectivity index (χ1v) is 9.57. The Morgan fingerprint density at radius 2 is 1.56 bits per heavy atom. The number of rotatable bonds is 4. The number of carbonyl (C=O) groups excluding carboxylic acids is 2. The third kappa shape index (κ3) is 5.33. The lowest BCUT2D eigenvalue weighted by molar-refractivity contribution is -0.131. The van der Waals surface area contributed by atoms with Crippen LogP contribution in [0.15, 0.2) is 54.6 Å². The van der Waals surface area contributed by atoms with Crippen LogP contribution < -0.4 is 5.32 Å². The van der Waals surface area contributed by atoms with Gasteiger partial charge in [0.15, 0.2) is 0 Å². The van der Waals surface area contributed by atoms with Crippen molar-refractivity contribution in [1.29, 1.82) is 0 Å². The molecule has 0 unspecified atom stereocenters. The maximum absolute atomic E-state index is 12.6. The zero-order valence-electron chi connectivity index (χ0n) is 15.9. The number of nitrogens with zero attached hydrogens (tertiary/aromatic N) is 2. The smallest absolute Gasteiger partial charge is 0.321 e. The molecule has 0 aromatic heterocycles. The highest BCUT2D eigenvalue weighted by molar-refractivity contribution is 5.89. The van der Waals surface area contributed by atoms with Crippen molar-refractivity contribution in [2.24, 2.45) is 0 Å². The van der Waals surface area contributed by atoms with E-state index in [1.807, 2.05) is 47.4 Å². The molecule has 0 aliphatic carbocycles. The fourth-order valence-corrected chi connectivity index (χ4v) is 3.38. The number of urea groups is 1. The molecule has 142 valence electrons. The zero-order valence-corrected chi connectivity index (χ0v) is 15.9. The molecule has 1 fully saturated rings. The molecule has 0 atom stereocenters. The van der Waals surface area contributed by atoms with E-state index >= 15 is 0 Å². The van der Waals surface area contributed by atoms with Gasteiger partial charge in [-0.15, -0.1) is 0 Å². The molecule has 3 rings (SSSR count). The van der Waals surface area contributed by atoms with Gasteiger partial charge in [-0.3, -0.25) is 4.79 Å². The minimum atomic E-state index is -0.101. The number of nitrogens with one attached hydrogen (secondary N) is 1. The van der Waals surface area contributed by atoms with Crippen LogP contribution in [0.2, 0.25) is 0 Å². The van der Waals surface area contributed by atoms with Crippen molar-refractivity contribution >= 4 is 17.6 Å². The summed E-state index contributed by atoms with van der Waals surface area (Å²) in [6, 6.07) is 17.5. The molecule has 1 N–H and O–H groups in total. The maximum Gasteiger partial charge on any atom is 0.321 e. The van der Waals surface area contributed by atoms with Crippen molar-refractivity contribution in [3.05, 3.63) is 65.7 Å². The molecule has 1 aliphatic rings. The van der Waals surface area contributed by atoms with E-state index in [1.165, 1.54) is 11.1 Å². The Labute approximate surface area is 161 Å². The Morgan fingerprint density at radius 3 is 2.33 bits per heavy atom. The van der Waals surface area contributed by atoms with Gasteiger partial charge < -0.3 is 15.1 Å². The zero-order chi connectivity index (χ0) is 19.1. The molecule has 1 heterocycles. The molecule has 2 aromatic carbocycles. The fourth-order valence-electron chi connectivity index (χ4n) is 3.38. The summed E-state index contributed by atoms with van der Waals surface area (Å²) >= 11 is 0. The highest BCUT2D eigenvalue weighted by Crippen LogP contribution is 2.13. The summed E-state index contributed by atoms with van der Waals surface area (Å²) in [5, 5.41) is 2.92. The summed E-state index contributed by atoms with van der Waals surface area (Å²) in [4.78, 5) is 28.8. The standard InChI is InChI=1S/C22H27N3O2/c1-18-8-5-6-9-19(18)12-13-21(26)24-14-7-15-25(17-16-24)22(27)23-20-10-3-2-4-11-20/h2-6,8-11H,7,12-17H2,1H3,(H,23,27). The van der Waals surface area contributed by atoms with Gasteiger partial charge in [-0.25, -0.2) is 4.79 Å². The maximum atomic E-state index is 12.6. The van der Waals surface area contributed by atoms with Gasteiger partial charge in [-0.2, -0.15) is 0 Å². The minimum Gasteiger partial charge on any atom is -0.341 e. The Morgan fingerprint density at radius 1 is 0.889 bits per heavy atom. The van der Waals surface area contributed by atoms with Crippen LogP contribution in [0.5, 0.6) is 0 Å². The summed E-state index contributed by atoms with van der Waals surface area (Å²) in [5.74, 6) is 0.170. The molecule has 1 saturated heterocycles. The van der Waals surface area contributed by atoms with Crippen molar-refractivity contribution in [3.8, 4) is 0 Å². The first-order valence-electron chi connectivity index (χ1n) is 9.57. The number of hydrogen-bond donors (Lipinski definition) is 1. The Kier molecular flexibility index (Phi) is 6.47. The average Bonchev–Trinajstić information content (AvgIpc) is 2.94. The lowest BCUT2D eigenvalue weighted by Crippen LogP contribution is -2.39. The topological polar surface area (TPSA) is 52.7 Å². The molecule has 5 nitrogen and oxygen atoms in total. The lowest BCUT2D eigenvalue weighted by atomic mass is 10.0. The van der Waals surface area contributed by atoms with Crippen molar-refractivity contribution in [3.63, 3.8) is 0 Å². The first-order chi connectivity index (χ1) is 13.1. The van der Waals surface area contributed by atoms with E-state index < -0.39 is 0 Å². The van der Waals surface area contributed by atoms with Crippen LogP contribution in [0.3, 0.4) is 0 Å². The van der Waals surface area contributed by atoms with Crippen LogP contribution in [0, 0.1) is 6.92 Å². The number of benzene rings is 2. The van der Waals surface area contributed by atoms with Gasteiger partial charge in [0.1, 0.15) is 0 Å². The van der Waals surface area contributed by atoms with Crippen LogP contribution in [0.25, 0.3) is 0 Å². The van der Waals surface area contributed by atoms with E-state index in [0.717, 1.165) is 18.5 Å². The Bertz CT molecular complexity index is 776. The molecule has 2 aromatic rings. The van der Waals surface area contributed by atoms with E-state index in [9.17, 15) is 9.59 Å². The molecule has 0 radical (unpaired) electrons. The van der Waals surface area contributed by atoms with Crippen LogP contribution in [-0.4, -0.2) is 47.9 Å². The van der Waals surface area contributed by atoms with Crippen LogP contribution in [-0.2, 0) is 11.2 Å².